The van der Waals surface area contributed by atoms with Crippen LogP contribution in [0.4, 0.5) is 0 Å². The van der Waals surface area contributed by atoms with E-state index < -0.39 is 0 Å². The van der Waals surface area contributed by atoms with E-state index in [1.54, 1.807) is 0 Å². The monoisotopic (exact) mass is 112 g/mol. The zero-order chi connectivity index (χ0) is 0. The van der Waals surface area contributed by atoms with Gasteiger partial charge in [0, 0.05) is 0 Å². The molecule has 5 heavy (non-hydrogen) atoms. The van der Waals surface area contributed by atoms with Gasteiger partial charge in [-0.15, -0.1) is 0 Å². The summed E-state index contributed by atoms with van der Waals surface area (Å²) in [4.78, 5) is 0. The van der Waals surface area contributed by atoms with Gasteiger partial charge in [-0.1, -0.05) is 0 Å². The Morgan fingerprint density at radius 3 is 0.600 bits per heavy atom. The van der Waals surface area contributed by atoms with Crippen LogP contribution in [0.1, 0.15) is 0 Å². The Hall–Kier alpha value is 0.554. The molecule has 28 valence electrons. The van der Waals surface area contributed by atoms with Crippen molar-refractivity contribution < 1.29 is 43.6 Å². The SMILES string of the molecule is [O+2].[O-2].[O-2].[O-2].[Ti+4]. The van der Waals surface area contributed by atoms with Gasteiger partial charge in [-0.05, 0) is 0 Å². The van der Waals surface area contributed by atoms with Crippen LogP contribution in [0.2, 0.25) is 0 Å². The Morgan fingerprint density at radius 2 is 0.600 bits per heavy atom. The molecule has 4 nitrogen and oxygen atoms in total. The summed E-state index contributed by atoms with van der Waals surface area (Å²) in [6.07, 6.45) is 0. The van der Waals surface area contributed by atoms with Crippen LogP contribution < -0.4 is 0 Å². The van der Waals surface area contributed by atoms with E-state index in [0.717, 1.165) is 0 Å². The van der Waals surface area contributed by atoms with Gasteiger partial charge in [0.1, 0.15) is 0 Å². The maximum absolute atomic E-state index is 0. The van der Waals surface area contributed by atoms with Crippen LogP contribution in [-0.4, -0.2) is 0 Å². The van der Waals surface area contributed by atoms with Crippen molar-refractivity contribution >= 4 is 0 Å². The third-order valence-corrected chi connectivity index (χ3v) is 0. The molecule has 0 N–H and O–H groups in total. The summed E-state index contributed by atoms with van der Waals surface area (Å²) in [6.45, 7) is 0. The molecule has 5 heteroatoms. The van der Waals surface area contributed by atoms with Crippen LogP contribution in [0.15, 0.2) is 0 Å². The van der Waals surface area contributed by atoms with Gasteiger partial charge in [-0.25, -0.2) is 0 Å². The molecule has 4 radical (unpaired) electrons. The molecule has 0 amide bonds. The molecule has 0 saturated carbocycles. The van der Waals surface area contributed by atoms with Crippen LogP contribution in [0.5, 0.6) is 0 Å². The molecule has 0 aromatic heterocycles. The fourth-order valence-corrected chi connectivity index (χ4v) is 0. The van der Waals surface area contributed by atoms with E-state index in [4.69, 9.17) is 0 Å². The predicted octanol–water partition coefficient (Wildman–Crippen LogP) is -0.478. The van der Waals surface area contributed by atoms with Crippen LogP contribution in [0, 0.1) is 0 Å². The average molecular weight is 112 g/mol. The van der Waals surface area contributed by atoms with Crippen LogP contribution in [0.3, 0.4) is 0 Å². The summed E-state index contributed by atoms with van der Waals surface area (Å²) in [7, 11) is 0. The van der Waals surface area contributed by atoms with Crippen molar-refractivity contribution in [1.82, 2.24) is 0 Å². The van der Waals surface area contributed by atoms with Crippen molar-refractivity contribution in [2.45, 2.75) is 0 Å². The molecule has 0 aliphatic heterocycles. The first kappa shape index (κ1) is 375. The van der Waals surface area contributed by atoms with Crippen molar-refractivity contribution in [3.05, 3.63) is 0 Å². The number of rotatable bonds is 0. The van der Waals surface area contributed by atoms with Crippen LogP contribution in [-0.2, 0) is 43.6 Å². The minimum absolute atomic E-state index is 0. The summed E-state index contributed by atoms with van der Waals surface area (Å²) in [5.41, 5.74) is 0. The molecule has 0 aliphatic rings. The summed E-state index contributed by atoms with van der Waals surface area (Å²) < 4.78 is 0. The summed E-state index contributed by atoms with van der Waals surface area (Å²) in [6, 6.07) is 0. The maximum Gasteiger partial charge on any atom is 4.00 e. The Labute approximate surface area is 44.3 Å². The molecule has 0 spiro atoms. The predicted molar refractivity (Wildman–Crippen MR) is 2.75 cm³/mol. The molecule has 0 saturated heterocycles. The third-order valence-electron chi connectivity index (χ3n) is 0. The fourth-order valence-electron chi connectivity index (χ4n) is 0. The Balaban J connectivity index is 0. The first-order valence-electron chi connectivity index (χ1n) is 0. The Kier molecular flexibility index (Phi) is 14000. The third kappa shape index (κ3) is 96.7. The van der Waals surface area contributed by atoms with Gasteiger partial charge in [0.05, 0.1) is 0 Å². The Morgan fingerprint density at radius 1 is 0.600 bits per heavy atom. The van der Waals surface area contributed by atoms with E-state index >= 15 is 0 Å². The summed E-state index contributed by atoms with van der Waals surface area (Å²) in [5.74, 6) is 0. The van der Waals surface area contributed by atoms with Crippen molar-refractivity contribution in [3.8, 4) is 0 Å². The molecule has 0 aromatic rings. The van der Waals surface area contributed by atoms with E-state index in [0.29, 0.717) is 0 Å². The first-order valence-corrected chi connectivity index (χ1v) is 0. The van der Waals surface area contributed by atoms with Crippen molar-refractivity contribution in [3.63, 3.8) is 0 Å². The maximum atomic E-state index is 0. The fraction of sp³-hybridized carbons (Fsp3) is 0. The standard InChI is InChI=1S/4O.Ti/q3*-2;+2;+4. The molecule has 0 aliphatic carbocycles. The van der Waals surface area contributed by atoms with Crippen molar-refractivity contribution in [1.29, 1.82) is 0 Å². The van der Waals surface area contributed by atoms with E-state index in [1.807, 2.05) is 0 Å². The van der Waals surface area contributed by atoms with E-state index in [9.17, 15) is 0 Å². The van der Waals surface area contributed by atoms with Gasteiger partial charge in [0.2, 0.25) is 0 Å². The van der Waals surface area contributed by atoms with E-state index in [-0.39, 0.29) is 43.6 Å². The molecule has 0 unspecified atom stereocenters. The summed E-state index contributed by atoms with van der Waals surface area (Å²) >= 11 is 0. The van der Waals surface area contributed by atoms with Gasteiger partial charge in [-0.2, -0.15) is 0 Å². The quantitative estimate of drug-likeness (QED) is 0.376. The van der Waals surface area contributed by atoms with Crippen LogP contribution in [0.25, 0.3) is 0 Å². The molecule has 0 aromatic carbocycles. The van der Waals surface area contributed by atoms with Gasteiger partial charge in [0.25, 0.3) is 0 Å². The largest absolute Gasteiger partial charge is 4.00 e. The second kappa shape index (κ2) is 187. The molecule has 0 bridgehead atoms. The van der Waals surface area contributed by atoms with Crippen molar-refractivity contribution in [2.24, 2.45) is 0 Å². The Bertz CT molecular complexity index is 3.61. The molecule has 0 atom stereocenters. The zero-order valence-electron chi connectivity index (χ0n) is 2.13. The molecule has 0 heterocycles. The van der Waals surface area contributed by atoms with Gasteiger partial charge in [-0.3, -0.25) is 0 Å². The molecular weight excluding hydrogens is 112 g/mol. The topological polar surface area (TPSA) is 114 Å². The van der Waals surface area contributed by atoms with E-state index in [2.05, 4.69) is 0 Å². The van der Waals surface area contributed by atoms with Gasteiger partial charge in [0.15, 0.2) is 0 Å². The second-order valence-corrected chi connectivity index (χ2v) is 0. The van der Waals surface area contributed by atoms with Gasteiger partial charge >= 0.3 is 27.2 Å². The second-order valence-electron chi connectivity index (χ2n) is 0. The smallest absolute Gasteiger partial charge is 2.00 e. The molecule has 0 fully saturated rings. The summed E-state index contributed by atoms with van der Waals surface area (Å²) in [5, 5.41) is 0. The number of hydrogen-bond acceptors (Lipinski definition) is 0. The van der Waals surface area contributed by atoms with Crippen molar-refractivity contribution in [2.75, 3.05) is 0 Å². The molecular formula is O4Ti. The average Bonchev–Trinajstić information content (AvgIpc) is 0. The molecule has 0 rings (SSSR count). The minimum Gasteiger partial charge on any atom is -2.00 e. The first-order chi connectivity index (χ1) is 0. The van der Waals surface area contributed by atoms with Crippen LogP contribution >= 0.6 is 0 Å². The minimum atomic E-state index is 0. The van der Waals surface area contributed by atoms with E-state index in [1.165, 1.54) is 0 Å². The van der Waals surface area contributed by atoms with Gasteiger partial charge < -0.3 is 16.4 Å². The normalized spacial score (nSPS) is 0. The zero-order valence-corrected chi connectivity index (χ0v) is 3.69. The number of hydrogen-bond donors (Lipinski definition) is 0.